The molecule has 3 N–H and O–H groups in total. The Labute approximate surface area is 122 Å². The van der Waals surface area contributed by atoms with Crippen LogP contribution in [0.1, 0.15) is 5.56 Å². The lowest BCUT2D eigenvalue weighted by atomic mass is 10.1. The number of benzene rings is 2. The van der Waals surface area contributed by atoms with Crippen molar-refractivity contribution in [1.82, 2.24) is 0 Å². The van der Waals surface area contributed by atoms with Gasteiger partial charge in [0.05, 0.1) is 0 Å². The summed E-state index contributed by atoms with van der Waals surface area (Å²) in [4.78, 5) is 0.201. The van der Waals surface area contributed by atoms with Crippen molar-refractivity contribution >= 4 is 44.5 Å². The molecular weight excluding hydrogens is 334 g/mol. The van der Waals surface area contributed by atoms with Crippen LogP contribution in [0.15, 0.2) is 40.9 Å². The molecule has 6 heteroatoms. The number of nitrogens with two attached hydrogens (primary N) is 1. The minimum atomic E-state index is -0.658. The Balaban J connectivity index is 2.42. The zero-order valence-corrected chi connectivity index (χ0v) is 12.0. The second kappa shape index (κ2) is 5.63. The van der Waals surface area contributed by atoms with Gasteiger partial charge in [0.15, 0.2) is 0 Å². The fourth-order valence-corrected chi connectivity index (χ4v) is 2.16. The first-order valence-electron chi connectivity index (χ1n) is 5.28. The monoisotopic (exact) mass is 342 g/mol. The highest BCUT2D eigenvalue weighted by atomic mass is 79.9. The van der Waals surface area contributed by atoms with Crippen LogP contribution in [0.2, 0.25) is 0 Å². The Morgan fingerprint density at radius 1 is 1.11 bits per heavy atom. The number of hydrogen-bond donors (Lipinski definition) is 2. The maximum absolute atomic E-state index is 13.1. The van der Waals surface area contributed by atoms with Gasteiger partial charge in [-0.25, -0.2) is 8.78 Å². The minimum Gasteiger partial charge on any atom is -0.389 e. The van der Waals surface area contributed by atoms with E-state index < -0.39 is 11.6 Å². The third kappa shape index (κ3) is 3.48. The Morgan fingerprint density at radius 2 is 1.74 bits per heavy atom. The van der Waals surface area contributed by atoms with Gasteiger partial charge in [-0.2, -0.15) is 0 Å². The van der Waals surface area contributed by atoms with Gasteiger partial charge in [0.1, 0.15) is 16.6 Å². The van der Waals surface area contributed by atoms with Crippen LogP contribution in [0.4, 0.5) is 20.2 Å². The topological polar surface area (TPSA) is 38.0 Å². The zero-order valence-electron chi connectivity index (χ0n) is 9.58. The average molecular weight is 343 g/mol. The molecule has 0 aliphatic carbocycles. The smallest absolute Gasteiger partial charge is 0.128 e. The normalized spacial score (nSPS) is 10.3. The van der Waals surface area contributed by atoms with Crippen molar-refractivity contribution in [2.45, 2.75) is 0 Å². The van der Waals surface area contributed by atoms with Crippen LogP contribution in [0, 0.1) is 11.6 Å². The molecule has 0 amide bonds. The number of rotatable bonds is 3. The summed E-state index contributed by atoms with van der Waals surface area (Å²) in [6, 6.07) is 8.43. The summed E-state index contributed by atoms with van der Waals surface area (Å²) >= 11 is 8.25. The molecule has 0 aromatic heterocycles. The van der Waals surface area contributed by atoms with Crippen molar-refractivity contribution < 1.29 is 8.78 Å². The molecule has 2 nitrogen and oxygen atoms in total. The highest BCUT2D eigenvalue weighted by molar-refractivity contribution is 9.10. The van der Waals surface area contributed by atoms with Crippen molar-refractivity contribution in [3.8, 4) is 0 Å². The van der Waals surface area contributed by atoms with E-state index in [4.69, 9.17) is 18.0 Å². The molecule has 0 saturated heterocycles. The SMILES string of the molecule is NC(=S)c1ccc(Br)cc1Nc1cc(F)cc(F)c1. The number of halogens is 3. The van der Waals surface area contributed by atoms with Gasteiger partial charge in [-0.15, -0.1) is 0 Å². The van der Waals surface area contributed by atoms with Gasteiger partial charge in [0.2, 0.25) is 0 Å². The molecule has 0 aliphatic heterocycles. The molecule has 98 valence electrons. The Morgan fingerprint density at radius 3 is 2.32 bits per heavy atom. The highest BCUT2D eigenvalue weighted by Crippen LogP contribution is 2.26. The first-order valence-corrected chi connectivity index (χ1v) is 6.48. The molecule has 2 aromatic carbocycles. The molecule has 19 heavy (non-hydrogen) atoms. The van der Waals surface area contributed by atoms with Crippen molar-refractivity contribution in [3.63, 3.8) is 0 Å². The van der Waals surface area contributed by atoms with E-state index in [2.05, 4.69) is 21.2 Å². The van der Waals surface area contributed by atoms with Gasteiger partial charge < -0.3 is 11.1 Å². The van der Waals surface area contributed by atoms with Gasteiger partial charge in [-0.05, 0) is 30.3 Å². The van der Waals surface area contributed by atoms with Crippen molar-refractivity contribution in [2.24, 2.45) is 5.73 Å². The molecule has 0 spiro atoms. The third-order valence-electron chi connectivity index (χ3n) is 2.39. The summed E-state index contributed by atoms with van der Waals surface area (Å²) in [5.41, 5.74) is 7.07. The zero-order chi connectivity index (χ0) is 14.0. The standard InChI is InChI=1S/C13H9BrF2N2S/c14-7-1-2-11(13(17)19)12(3-7)18-10-5-8(15)4-9(16)6-10/h1-6,18H,(H2,17,19). The third-order valence-corrected chi connectivity index (χ3v) is 3.10. The molecule has 0 saturated carbocycles. The summed E-state index contributed by atoms with van der Waals surface area (Å²) in [6.07, 6.45) is 0. The Kier molecular flexibility index (Phi) is 4.11. The van der Waals surface area contributed by atoms with Gasteiger partial charge in [0.25, 0.3) is 0 Å². The minimum absolute atomic E-state index is 0.201. The highest BCUT2D eigenvalue weighted by Gasteiger charge is 2.08. The molecule has 0 atom stereocenters. The fourth-order valence-electron chi connectivity index (χ4n) is 1.62. The van der Waals surface area contributed by atoms with Crippen LogP contribution in [0.5, 0.6) is 0 Å². The predicted octanol–water partition coefficient (Wildman–Crippen LogP) is 4.11. The maximum atomic E-state index is 13.1. The van der Waals surface area contributed by atoms with Crippen molar-refractivity contribution in [2.75, 3.05) is 5.32 Å². The van der Waals surface area contributed by atoms with E-state index in [1.165, 1.54) is 12.1 Å². The molecule has 0 heterocycles. The van der Waals surface area contributed by atoms with E-state index >= 15 is 0 Å². The molecule has 2 aromatic rings. The molecule has 0 radical (unpaired) electrons. The average Bonchev–Trinajstić information content (AvgIpc) is 2.26. The van der Waals surface area contributed by atoms with E-state index in [1.54, 1.807) is 18.2 Å². The van der Waals surface area contributed by atoms with Crippen molar-refractivity contribution in [1.29, 1.82) is 0 Å². The van der Waals surface area contributed by atoms with Gasteiger partial charge >= 0.3 is 0 Å². The van der Waals surface area contributed by atoms with Crippen LogP contribution in [0.25, 0.3) is 0 Å². The first kappa shape index (κ1) is 13.9. The largest absolute Gasteiger partial charge is 0.389 e. The number of thiocarbonyl (C=S) groups is 1. The van der Waals surface area contributed by atoms with Gasteiger partial charge in [-0.1, -0.05) is 28.1 Å². The lowest BCUT2D eigenvalue weighted by molar-refractivity contribution is 0.584. The molecule has 0 bridgehead atoms. The number of nitrogens with one attached hydrogen (secondary N) is 1. The molecule has 0 fully saturated rings. The Hall–Kier alpha value is -1.53. The first-order chi connectivity index (χ1) is 8.95. The Bertz CT molecular complexity index is 626. The molecule has 2 rings (SSSR count). The number of anilines is 2. The summed E-state index contributed by atoms with van der Waals surface area (Å²) in [5.74, 6) is -1.32. The van der Waals surface area contributed by atoms with Gasteiger partial charge in [0, 0.05) is 27.5 Å². The lowest BCUT2D eigenvalue weighted by Crippen LogP contribution is -2.12. The van der Waals surface area contributed by atoms with Crippen LogP contribution >= 0.6 is 28.1 Å². The van der Waals surface area contributed by atoms with E-state index in [-0.39, 0.29) is 10.7 Å². The van der Waals surface area contributed by atoms with Crippen molar-refractivity contribution in [3.05, 3.63) is 58.1 Å². The summed E-state index contributed by atoms with van der Waals surface area (Å²) in [5, 5.41) is 2.90. The second-order valence-electron chi connectivity index (χ2n) is 3.84. The van der Waals surface area contributed by atoms with Crippen LogP contribution in [-0.4, -0.2) is 4.99 Å². The van der Waals surface area contributed by atoms with E-state index in [0.717, 1.165) is 10.5 Å². The molecular formula is C13H9BrF2N2S. The maximum Gasteiger partial charge on any atom is 0.128 e. The number of hydrogen-bond acceptors (Lipinski definition) is 2. The fraction of sp³-hybridized carbons (Fsp3) is 0. The molecule has 0 aliphatic rings. The predicted molar refractivity (Wildman–Crippen MR) is 79.7 cm³/mol. The summed E-state index contributed by atoms with van der Waals surface area (Å²) in [6.45, 7) is 0. The second-order valence-corrected chi connectivity index (χ2v) is 5.19. The summed E-state index contributed by atoms with van der Waals surface area (Å²) < 4.78 is 27.1. The quantitative estimate of drug-likeness (QED) is 0.824. The van der Waals surface area contributed by atoms with E-state index in [9.17, 15) is 8.78 Å². The van der Waals surface area contributed by atoms with E-state index in [1.807, 2.05) is 0 Å². The van der Waals surface area contributed by atoms with Crippen LogP contribution in [0.3, 0.4) is 0 Å². The lowest BCUT2D eigenvalue weighted by Gasteiger charge is -2.12. The van der Waals surface area contributed by atoms with Gasteiger partial charge in [-0.3, -0.25) is 0 Å². The van der Waals surface area contributed by atoms with Crippen LogP contribution < -0.4 is 11.1 Å². The van der Waals surface area contributed by atoms with E-state index in [0.29, 0.717) is 11.3 Å². The summed E-state index contributed by atoms with van der Waals surface area (Å²) in [7, 11) is 0. The molecule has 0 unspecified atom stereocenters. The van der Waals surface area contributed by atoms with Crippen LogP contribution in [-0.2, 0) is 0 Å².